The van der Waals surface area contributed by atoms with E-state index >= 15 is 0 Å². The molecule has 0 amide bonds. The summed E-state index contributed by atoms with van der Waals surface area (Å²) in [7, 11) is 0. The third-order valence-electron chi connectivity index (χ3n) is 3.60. The van der Waals surface area contributed by atoms with Gasteiger partial charge >= 0.3 is 5.97 Å². The van der Waals surface area contributed by atoms with Crippen LogP contribution < -0.4 is 0 Å². The molecule has 5 nitrogen and oxygen atoms in total. The van der Waals surface area contributed by atoms with Crippen molar-refractivity contribution >= 4 is 5.97 Å². The quantitative estimate of drug-likeness (QED) is 0.838. The summed E-state index contributed by atoms with van der Waals surface area (Å²) in [5.41, 5.74) is 1.95. The Kier molecular flexibility index (Phi) is 5.11. The van der Waals surface area contributed by atoms with Crippen molar-refractivity contribution in [1.29, 1.82) is 0 Å². The van der Waals surface area contributed by atoms with Gasteiger partial charge in [0, 0.05) is 19.1 Å². The van der Waals surface area contributed by atoms with E-state index in [0.717, 1.165) is 17.7 Å². The minimum atomic E-state index is -0.815. The number of aliphatic carboxylic acids is 1. The van der Waals surface area contributed by atoms with E-state index in [-0.39, 0.29) is 19.1 Å². The van der Waals surface area contributed by atoms with Crippen molar-refractivity contribution in [2.75, 3.05) is 19.8 Å². The van der Waals surface area contributed by atoms with Gasteiger partial charge in [0.15, 0.2) is 0 Å². The van der Waals surface area contributed by atoms with Gasteiger partial charge in [-0.05, 0) is 18.1 Å². The van der Waals surface area contributed by atoms with Gasteiger partial charge in [0.05, 0.1) is 25.7 Å². The molecule has 1 aromatic carbocycles. The maximum atomic E-state index is 10.6. The zero-order valence-corrected chi connectivity index (χ0v) is 11.7. The second kappa shape index (κ2) is 6.83. The van der Waals surface area contributed by atoms with Crippen LogP contribution in [0.15, 0.2) is 24.3 Å². The number of hydrogen-bond acceptors (Lipinski definition) is 4. The fourth-order valence-electron chi connectivity index (χ4n) is 2.38. The number of benzene rings is 1. The van der Waals surface area contributed by atoms with E-state index in [1.54, 1.807) is 0 Å². The van der Waals surface area contributed by atoms with Crippen LogP contribution in [0.4, 0.5) is 0 Å². The predicted molar refractivity (Wildman–Crippen MR) is 74.5 cm³/mol. The number of carbonyl (C=O) groups is 1. The molecule has 0 aromatic heterocycles. The van der Waals surface area contributed by atoms with Crippen molar-refractivity contribution in [3.8, 4) is 0 Å². The first-order valence-electron chi connectivity index (χ1n) is 6.84. The van der Waals surface area contributed by atoms with E-state index in [4.69, 9.17) is 9.84 Å². The maximum Gasteiger partial charge on any atom is 0.307 e. The fourth-order valence-corrected chi connectivity index (χ4v) is 2.38. The lowest BCUT2D eigenvalue weighted by atomic mass is 10.1. The van der Waals surface area contributed by atoms with Crippen LogP contribution in [0.3, 0.4) is 0 Å². The van der Waals surface area contributed by atoms with E-state index in [1.807, 2.05) is 24.3 Å². The summed E-state index contributed by atoms with van der Waals surface area (Å²) < 4.78 is 5.51. The first-order valence-corrected chi connectivity index (χ1v) is 6.84. The van der Waals surface area contributed by atoms with Crippen molar-refractivity contribution < 1.29 is 19.7 Å². The Morgan fingerprint density at radius 1 is 1.35 bits per heavy atom. The Morgan fingerprint density at radius 3 is 2.60 bits per heavy atom. The fraction of sp³-hybridized carbons (Fsp3) is 0.533. The molecule has 0 radical (unpaired) electrons. The first kappa shape index (κ1) is 15.0. The molecule has 2 atom stereocenters. The molecule has 1 aromatic rings. The van der Waals surface area contributed by atoms with E-state index in [2.05, 4.69) is 11.8 Å². The summed E-state index contributed by atoms with van der Waals surface area (Å²) in [6.07, 6.45) is -0.0571. The van der Waals surface area contributed by atoms with Gasteiger partial charge in [0.25, 0.3) is 0 Å². The number of carboxylic acids is 1. The van der Waals surface area contributed by atoms with Gasteiger partial charge in [0.2, 0.25) is 0 Å². The first-order chi connectivity index (χ1) is 9.58. The molecule has 1 aliphatic rings. The number of ether oxygens (including phenoxy) is 1. The molecule has 1 fully saturated rings. The van der Waals surface area contributed by atoms with Gasteiger partial charge in [-0.2, -0.15) is 0 Å². The lowest BCUT2D eigenvalue weighted by molar-refractivity contribution is -0.136. The lowest BCUT2D eigenvalue weighted by Gasteiger charge is -2.37. The molecule has 0 spiro atoms. The van der Waals surface area contributed by atoms with Crippen LogP contribution in [0.25, 0.3) is 0 Å². The molecule has 5 heteroatoms. The maximum absolute atomic E-state index is 10.6. The molecule has 20 heavy (non-hydrogen) atoms. The van der Waals surface area contributed by atoms with Gasteiger partial charge in [-0.1, -0.05) is 24.3 Å². The van der Waals surface area contributed by atoms with E-state index in [0.29, 0.717) is 19.2 Å². The Bertz CT molecular complexity index is 446. The van der Waals surface area contributed by atoms with Gasteiger partial charge in [0.1, 0.15) is 0 Å². The Balaban J connectivity index is 1.96. The molecular formula is C15H21NO4. The van der Waals surface area contributed by atoms with E-state index in [9.17, 15) is 9.90 Å². The molecule has 2 rings (SSSR count). The number of rotatable bonds is 5. The summed E-state index contributed by atoms with van der Waals surface area (Å²) in [5.74, 6) is -0.815. The number of nitrogens with zero attached hydrogens (tertiary/aromatic N) is 1. The molecule has 1 saturated heterocycles. The third-order valence-corrected chi connectivity index (χ3v) is 3.60. The van der Waals surface area contributed by atoms with Crippen LogP contribution in [0.5, 0.6) is 0 Å². The largest absolute Gasteiger partial charge is 0.481 e. The van der Waals surface area contributed by atoms with Crippen LogP contribution >= 0.6 is 0 Å². The molecule has 2 N–H and O–H groups in total. The van der Waals surface area contributed by atoms with Crippen LogP contribution in [0.2, 0.25) is 0 Å². The average molecular weight is 279 g/mol. The monoisotopic (exact) mass is 279 g/mol. The molecule has 0 bridgehead atoms. The van der Waals surface area contributed by atoms with Crippen LogP contribution in [-0.4, -0.2) is 53.0 Å². The number of morpholine rings is 1. The van der Waals surface area contributed by atoms with Crippen LogP contribution in [-0.2, 0) is 22.5 Å². The summed E-state index contributed by atoms with van der Waals surface area (Å²) in [6.45, 7) is 4.28. The van der Waals surface area contributed by atoms with Gasteiger partial charge in [-0.3, -0.25) is 9.69 Å². The Hall–Kier alpha value is -1.43. The SMILES string of the molecule is CC1COC(CO)CN1Cc1ccc(CC(=O)O)cc1. The molecule has 0 saturated carbocycles. The summed E-state index contributed by atoms with van der Waals surface area (Å²) in [6, 6.07) is 7.97. The van der Waals surface area contributed by atoms with Crippen molar-refractivity contribution in [2.24, 2.45) is 0 Å². The number of aliphatic hydroxyl groups excluding tert-OH is 1. The zero-order chi connectivity index (χ0) is 14.5. The molecule has 2 unspecified atom stereocenters. The highest BCUT2D eigenvalue weighted by molar-refractivity contribution is 5.70. The van der Waals surface area contributed by atoms with Crippen molar-refractivity contribution in [3.63, 3.8) is 0 Å². The highest BCUT2D eigenvalue weighted by Crippen LogP contribution is 2.16. The van der Waals surface area contributed by atoms with E-state index < -0.39 is 5.97 Å². The molecular weight excluding hydrogens is 258 g/mol. The van der Waals surface area contributed by atoms with Crippen molar-refractivity contribution in [3.05, 3.63) is 35.4 Å². The van der Waals surface area contributed by atoms with Gasteiger partial charge in [-0.15, -0.1) is 0 Å². The highest BCUT2D eigenvalue weighted by atomic mass is 16.5. The normalized spacial score (nSPS) is 23.7. The third kappa shape index (κ3) is 4.03. The number of aliphatic hydroxyl groups is 1. The average Bonchev–Trinajstić information content (AvgIpc) is 2.43. The number of hydrogen-bond donors (Lipinski definition) is 2. The molecule has 0 aliphatic carbocycles. The zero-order valence-electron chi connectivity index (χ0n) is 11.7. The second-order valence-corrected chi connectivity index (χ2v) is 5.30. The predicted octanol–water partition coefficient (Wildman–Crippen LogP) is 0.895. The Morgan fingerprint density at radius 2 is 2.00 bits per heavy atom. The minimum absolute atomic E-state index is 0.0424. The molecule has 110 valence electrons. The smallest absolute Gasteiger partial charge is 0.307 e. The summed E-state index contributed by atoms with van der Waals surface area (Å²) >= 11 is 0. The van der Waals surface area contributed by atoms with Crippen LogP contribution in [0.1, 0.15) is 18.1 Å². The van der Waals surface area contributed by atoms with Gasteiger partial charge < -0.3 is 14.9 Å². The standard InChI is InChI=1S/C15H21NO4/c1-11-10-20-14(9-17)8-16(11)7-13-4-2-12(3-5-13)6-15(18)19/h2-5,11,14,17H,6-10H2,1H3,(H,18,19). The Labute approximate surface area is 118 Å². The molecule has 1 aliphatic heterocycles. The second-order valence-electron chi connectivity index (χ2n) is 5.30. The molecule has 1 heterocycles. The lowest BCUT2D eigenvalue weighted by Crippen LogP contribution is -2.48. The highest BCUT2D eigenvalue weighted by Gasteiger charge is 2.25. The van der Waals surface area contributed by atoms with Crippen molar-refractivity contribution in [2.45, 2.75) is 32.0 Å². The summed E-state index contributed by atoms with van der Waals surface area (Å²) in [4.78, 5) is 12.9. The van der Waals surface area contributed by atoms with Crippen LogP contribution in [0, 0.1) is 0 Å². The topological polar surface area (TPSA) is 70.0 Å². The van der Waals surface area contributed by atoms with E-state index in [1.165, 1.54) is 0 Å². The number of carboxylic acid groups (broad SMARTS) is 1. The van der Waals surface area contributed by atoms with Crippen molar-refractivity contribution in [1.82, 2.24) is 4.90 Å². The van der Waals surface area contributed by atoms with Gasteiger partial charge in [-0.25, -0.2) is 0 Å². The minimum Gasteiger partial charge on any atom is -0.481 e. The summed E-state index contributed by atoms with van der Waals surface area (Å²) in [5, 5.41) is 17.9.